The maximum absolute atomic E-state index is 11.2. The minimum Gasteiger partial charge on any atom is -0.466 e. The molecule has 0 spiro atoms. The second-order valence-electron chi connectivity index (χ2n) is 4.05. The topological polar surface area (TPSA) is 26.3 Å². The molecule has 0 aliphatic heterocycles. The van der Waals surface area contributed by atoms with E-state index in [-0.39, 0.29) is 5.97 Å². The average molecular weight is 226 g/mol. The van der Waals surface area contributed by atoms with Crippen molar-refractivity contribution < 1.29 is 9.53 Å². The number of carbonyl (C=O) groups is 1. The molecule has 2 heteroatoms. The van der Waals surface area contributed by atoms with Gasteiger partial charge in [-0.15, -0.1) is 0 Å². The molecule has 0 rings (SSSR count). The highest BCUT2D eigenvalue weighted by atomic mass is 16.5. The Morgan fingerprint density at radius 3 is 2.56 bits per heavy atom. The van der Waals surface area contributed by atoms with Crippen LogP contribution < -0.4 is 0 Å². The van der Waals surface area contributed by atoms with Gasteiger partial charge in [0.1, 0.15) is 0 Å². The summed E-state index contributed by atoms with van der Waals surface area (Å²) in [6.45, 7) is 4.86. The zero-order valence-electron chi connectivity index (χ0n) is 10.8. The predicted molar refractivity (Wildman–Crippen MR) is 68.4 cm³/mol. The number of unbranched alkanes of at least 4 members (excludes halogenated alkanes) is 4. The Hall–Kier alpha value is -0.790. The van der Waals surface area contributed by atoms with Crippen molar-refractivity contribution in [2.75, 3.05) is 6.61 Å². The summed E-state index contributed by atoms with van der Waals surface area (Å²) in [5.41, 5.74) is 0. The number of allylic oxidation sites excluding steroid dienone is 2. The molecule has 0 heterocycles. The van der Waals surface area contributed by atoms with E-state index in [1.54, 1.807) is 0 Å². The maximum atomic E-state index is 11.2. The van der Waals surface area contributed by atoms with Crippen molar-refractivity contribution in [2.45, 2.75) is 65.2 Å². The summed E-state index contributed by atoms with van der Waals surface area (Å²) in [6.07, 6.45) is 12.5. The van der Waals surface area contributed by atoms with Crippen molar-refractivity contribution in [3.63, 3.8) is 0 Å². The molecule has 94 valence electrons. The van der Waals surface area contributed by atoms with E-state index >= 15 is 0 Å². The Morgan fingerprint density at radius 2 is 1.88 bits per heavy atom. The number of esters is 1. The number of rotatable bonds is 10. The van der Waals surface area contributed by atoms with Gasteiger partial charge in [-0.3, -0.25) is 4.79 Å². The summed E-state index contributed by atoms with van der Waals surface area (Å²) < 4.78 is 5.13. The van der Waals surface area contributed by atoms with E-state index in [4.69, 9.17) is 4.74 Å². The number of ether oxygens (including phenoxy) is 1. The van der Waals surface area contributed by atoms with Crippen LogP contribution in [0, 0.1) is 0 Å². The van der Waals surface area contributed by atoms with E-state index in [1.165, 1.54) is 0 Å². The van der Waals surface area contributed by atoms with Gasteiger partial charge in [-0.1, -0.05) is 38.8 Å². The molecule has 0 aliphatic rings. The number of hydrogen-bond acceptors (Lipinski definition) is 2. The van der Waals surface area contributed by atoms with Crippen LogP contribution in [-0.4, -0.2) is 12.6 Å². The van der Waals surface area contributed by atoms with E-state index in [9.17, 15) is 4.79 Å². The zero-order valence-corrected chi connectivity index (χ0v) is 10.8. The molecular formula is C14H26O2. The highest BCUT2D eigenvalue weighted by molar-refractivity contribution is 5.69. The van der Waals surface area contributed by atoms with Crippen molar-refractivity contribution in [1.29, 1.82) is 0 Å². The quantitative estimate of drug-likeness (QED) is 0.316. The smallest absolute Gasteiger partial charge is 0.305 e. The Bertz CT molecular complexity index is 185. The normalized spacial score (nSPS) is 10.9. The average Bonchev–Trinajstić information content (AvgIpc) is 2.28. The fourth-order valence-corrected chi connectivity index (χ4v) is 1.43. The van der Waals surface area contributed by atoms with E-state index in [0.29, 0.717) is 13.0 Å². The molecular weight excluding hydrogens is 200 g/mol. The van der Waals surface area contributed by atoms with Crippen molar-refractivity contribution in [1.82, 2.24) is 0 Å². The lowest BCUT2D eigenvalue weighted by atomic mass is 10.2. The third-order valence-corrected chi connectivity index (χ3v) is 2.42. The van der Waals surface area contributed by atoms with Gasteiger partial charge in [0, 0.05) is 6.42 Å². The highest BCUT2D eigenvalue weighted by Gasteiger charge is 2.00. The number of hydrogen-bond donors (Lipinski definition) is 0. The van der Waals surface area contributed by atoms with Crippen LogP contribution in [0.3, 0.4) is 0 Å². The fraction of sp³-hybridized carbons (Fsp3) is 0.786. The predicted octanol–water partition coefficient (Wildman–Crippen LogP) is 4.25. The van der Waals surface area contributed by atoms with Crippen LogP contribution in [0.2, 0.25) is 0 Å². The second kappa shape index (κ2) is 12.3. The zero-order chi connectivity index (χ0) is 12.1. The van der Waals surface area contributed by atoms with Gasteiger partial charge in [0.2, 0.25) is 0 Å². The third kappa shape index (κ3) is 11.3. The van der Waals surface area contributed by atoms with Gasteiger partial charge in [-0.2, -0.15) is 0 Å². The monoisotopic (exact) mass is 226 g/mol. The first kappa shape index (κ1) is 15.2. The van der Waals surface area contributed by atoms with E-state index in [0.717, 1.165) is 44.9 Å². The standard InChI is InChI=1S/C14H26O2/c1-3-5-7-8-9-11-13-16-14(15)12-10-6-4-2/h5,7H,3-4,6,8-13H2,1-2H3/b7-5-. The Labute approximate surface area is 100 Å². The molecule has 0 saturated carbocycles. The van der Waals surface area contributed by atoms with Crippen LogP contribution in [0.25, 0.3) is 0 Å². The van der Waals surface area contributed by atoms with Gasteiger partial charge in [0.15, 0.2) is 0 Å². The van der Waals surface area contributed by atoms with Crippen molar-refractivity contribution in [3.8, 4) is 0 Å². The number of carbonyl (C=O) groups excluding carboxylic acids is 1. The van der Waals surface area contributed by atoms with E-state index in [2.05, 4.69) is 26.0 Å². The lowest BCUT2D eigenvalue weighted by Gasteiger charge is -2.03. The molecule has 0 aromatic rings. The first-order chi connectivity index (χ1) is 7.81. The molecule has 0 saturated heterocycles. The first-order valence-corrected chi connectivity index (χ1v) is 6.61. The van der Waals surface area contributed by atoms with Gasteiger partial charge in [-0.25, -0.2) is 0 Å². The van der Waals surface area contributed by atoms with Gasteiger partial charge in [-0.05, 0) is 32.1 Å². The van der Waals surface area contributed by atoms with E-state index in [1.807, 2.05) is 0 Å². The Kier molecular flexibility index (Phi) is 11.7. The van der Waals surface area contributed by atoms with Crippen LogP contribution in [0.5, 0.6) is 0 Å². The van der Waals surface area contributed by atoms with Gasteiger partial charge >= 0.3 is 5.97 Å². The molecule has 0 fully saturated rings. The van der Waals surface area contributed by atoms with E-state index < -0.39 is 0 Å². The van der Waals surface area contributed by atoms with Crippen molar-refractivity contribution in [3.05, 3.63) is 12.2 Å². The highest BCUT2D eigenvalue weighted by Crippen LogP contribution is 2.02. The Balaban J connectivity index is 3.18. The summed E-state index contributed by atoms with van der Waals surface area (Å²) in [6, 6.07) is 0. The molecule has 0 aromatic carbocycles. The van der Waals surface area contributed by atoms with Gasteiger partial charge in [0.25, 0.3) is 0 Å². The molecule has 0 N–H and O–H groups in total. The van der Waals surface area contributed by atoms with Crippen molar-refractivity contribution >= 4 is 5.97 Å². The van der Waals surface area contributed by atoms with Crippen LogP contribution in [0.15, 0.2) is 12.2 Å². The molecule has 0 atom stereocenters. The van der Waals surface area contributed by atoms with Crippen molar-refractivity contribution in [2.24, 2.45) is 0 Å². The Morgan fingerprint density at radius 1 is 1.06 bits per heavy atom. The molecule has 0 radical (unpaired) electrons. The first-order valence-electron chi connectivity index (χ1n) is 6.61. The minimum absolute atomic E-state index is 0.0300. The molecule has 0 unspecified atom stereocenters. The van der Waals surface area contributed by atoms with Gasteiger partial charge < -0.3 is 4.74 Å². The SMILES string of the molecule is CC/C=C\CCCCOC(=O)CCCCC. The summed E-state index contributed by atoms with van der Waals surface area (Å²) in [5, 5.41) is 0. The molecule has 2 nitrogen and oxygen atoms in total. The lowest BCUT2D eigenvalue weighted by molar-refractivity contribution is -0.143. The summed E-state index contributed by atoms with van der Waals surface area (Å²) in [4.78, 5) is 11.2. The summed E-state index contributed by atoms with van der Waals surface area (Å²) in [7, 11) is 0. The van der Waals surface area contributed by atoms with Crippen LogP contribution in [-0.2, 0) is 9.53 Å². The molecule has 16 heavy (non-hydrogen) atoms. The lowest BCUT2D eigenvalue weighted by Crippen LogP contribution is -2.05. The summed E-state index contributed by atoms with van der Waals surface area (Å²) in [5.74, 6) is -0.0300. The third-order valence-electron chi connectivity index (χ3n) is 2.42. The molecule has 0 bridgehead atoms. The largest absolute Gasteiger partial charge is 0.466 e. The van der Waals surface area contributed by atoms with Crippen LogP contribution in [0.4, 0.5) is 0 Å². The second-order valence-corrected chi connectivity index (χ2v) is 4.05. The molecule has 0 aliphatic carbocycles. The van der Waals surface area contributed by atoms with Crippen LogP contribution >= 0.6 is 0 Å². The molecule has 0 amide bonds. The fourth-order valence-electron chi connectivity index (χ4n) is 1.43. The molecule has 0 aromatic heterocycles. The van der Waals surface area contributed by atoms with Crippen LogP contribution in [0.1, 0.15) is 65.2 Å². The van der Waals surface area contributed by atoms with Gasteiger partial charge in [0.05, 0.1) is 6.61 Å². The maximum Gasteiger partial charge on any atom is 0.305 e. The minimum atomic E-state index is -0.0300. The summed E-state index contributed by atoms with van der Waals surface area (Å²) >= 11 is 0.